The Labute approximate surface area is 109 Å². The summed E-state index contributed by atoms with van der Waals surface area (Å²) >= 11 is 0. The van der Waals surface area contributed by atoms with E-state index in [1.807, 2.05) is 11.8 Å². The molecule has 0 aromatic heterocycles. The van der Waals surface area contributed by atoms with Gasteiger partial charge in [0.05, 0.1) is 6.04 Å². The molecule has 1 saturated carbocycles. The molecule has 0 spiro atoms. The highest BCUT2D eigenvalue weighted by atomic mass is 16.2. The van der Waals surface area contributed by atoms with Crippen molar-refractivity contribution in [2.75, 3.05) is 0 Å². The number of amides is 1. The molecule has 18 heavy (non-hydrogen) atoms. The lowest BCUT2D eigenvalue weighted by Gasteiger charge is -2.25. The molecular weight excluding hydrogens is 224 g/mol. The Morgan fingerprint density at radius 3 is 2.50 bits per heavy atom. The number of hydrogen-bond donors (Lipinski definition) is 1. The predicted molar refractivity (Wildman–Crippen MR) is 73.0 cm³/mol. The third-order valence-corrected chi connectivity index (χ3v) is 3.50. The van der Waals surface area contributed by atoms with Crippen LogP contribution in [0.15, 0.2) is 24.3 Å². The Morgan fingerprint density at radius 1 is 1.39 bits per heavy atom. The van der Waals surface area contributed by atoms with Crippen LogP contribution in [0.5, 0.6) is 0 Å². The molecule has 0 saturated heterocycles. The molecule has 1 aromatic carbocycles. The molecule has 1 unspecified atom stereocenters. The standard InChI is InChI=1S/C15H22N2O/c1-3-14(16)15(18)17(13-8-9-13)10-12-6-4-11(2)5-7-12/h4-7,13-14H,3,8-10,16H2,1-2H3. The van der Waals surface area contributed by atoms with Crippen molar-refractivity contribution >= 4 is 5.91 Å². The topological polar surface area (TPSA) is 46.3 Å². The average Bonchev–Trinajstić information content (AvgIpc) is 3.20. The highest BCUT2D eigenvalue weighted by Crippen LogP contribution is 2.29. The van der Waals surface area contributed by atoms with Gasteiger partial charge in [-0.2, -0.15) is 0 Å². The van der Waals surface area contributed by atoms with Crippen LogP contribution in [0.4, 0.5) is 0 Å². The summed E-state index contributed by atoms with van der Waals surface area (Å²) in [5, 5.41) is 0. The maximum Gasteiger partial charge on any atom is 0.240 e. The molecule has 1 aliphatic rings. The second kappa shape index (κ2) is 5.53. The van der Waals surface area contributed by atoms with Crippen LogP contribution in [0.3, 0.4) is 0 Å². The van der Waals surface area contributed by atoms with Crippen molar-refractivity contribution in [3.05, 3.63) is 35.4 Å². The van der Waals surface area contributed by atoms with E-state index in [1.165, 1.54) is 11.1 Å². The molecule has 0 radical (unpaired) electrons. The fourth-order valence-corrected chi connectivity index (χ4v) is 2.05. The molecule has 1 amide bonds. The van der Waals surface area contributed by atoms with E-state index >= 15 is 0 Å². The number of aryl methyl sites for hydroxylation is 1. The number of carbonyl (C=O) groups excluding carboxylic acids is 1. The van der Waals surface area contributed by atoms with Crippen LogP contribution < -0.4 is 5.73 Å². The second-order valence-electron chi connectivity index (χ2n) is 5.20. The fourth-order valence-electron chi connectivity index (χ4n) is 2.05. The first kappa shape index (κ1) is 13.1. The van der Waals surface area contributed by atoms with Gasteiger partial charge in [0.2, 0.25) is 5.91 Å². The first-order valence-electron chi connectivity index (χ1n) is 6.73. The summed E-state index contributed by atoms with van der Waals surface area (Å²) in [4.78, 5) is 14.2. The van der Waals surface area contributed by atoms with Gasteiger partial charge < -0.3 is 10.6 Å². The van der Waals surface area contributed by atoms with E-state index in [2.05, 4.69) is 31.2 Å². The van der Waals surface area contributed by atoms with Crippen LogP contribution in [-0.4, -0.2) is 22.9 Å². The van der Waals surface area contributed by atoms with Gasteiger partial charge in [0.1, 0.15) is 0 Å². The summed E-state index contributed by atoms with van der Waals surface area (Å²) in [6.45, 7) is 4.72. The van der Waals surface area contributed by atoms with Gasteiger partial charge in [-0.1, -0.05) is 36.8 Å². The molecule has 2 N–H and O–H groups in total. The maximum atomic E-state index is 12.2. The molecule has 1 aromatic rings. The third-order valence-electron chi connectivity index (χ3n) is 3.50. The summed E-state index contributed by atoms with van der Waals surface area (Å²) in [7, 11) is 0. The lowest BCUT2D eigenvalue weighted by molar-refractivity contribution is -0.133. The molecular formula is C15H22N2O. The van der Waals surface area contributed by atoms with E-state index in [1.54, 1.807) is 0 Å². The van der Waals surface area contributed by atoms with Gasteiger partial charge in [-0.25, -0.2) is 0 Å². The summed E-state index contributed by atoms with van der Waals surface area (Å²) < 4.78 is 0. The first-order valence-corrected chi connectivity index (χ1v) is 6.73. The van der Waals surface area contributed by atoms with Crippen LogP contribution in [-0.2, 0) is 11.3 Å². The molecule has 0 heterocycles. The number of carbonyl (C=O) groups is 1. The summed E-state index contributed by atoms with van der Waals surface area (Å²) in [5.74, 6) is 0.0978. The number of benzene rings is 1. The van der Waals surface area contributed by atoms with E-state index in [0.717, 1.165) is 12.8 Å². The minimum absolute atomic E-state index is 0.0978. The van der Waals surface area contributed by atoms with Crippen LogP contribution in [0, 0.1) is 6.92 Å². The number of nitrogens with two attached hydrogens (primary N) is 1. The summed E-state index contributed by atoms with van der Waals surface area (Å²) in [5.41, 5.74) is 8.30. The van der Waals surface area contributed by atoms with Crippen LogP contribution >= 0.6 is 0 Å². The molecule has 1 aliphatic carbocycles. The van der Waals surface area contributed by atoms with E-state index in [-0.39, 0.29) is 11.9 Å². The molecule has 0 bridgehead atoms. The minimum Gasteiger partial charge on any atom is -0.334 e. The van der Waals surface area contributed by atoms with Crippen molar-refractivity contribution in [3.8, 4) is 0 Å². The van der Waals surface area contributed by atoms with Crippen molar-refractivity contribution in [1.29, 1.82) is 0 Å². The predicted octanol–water partition coefficient (Wildman–Crippen LogP) is 2.22. The normalized spacial score (nSPS) is 16.4. The van der Waals surface area contributed by atoms with E-state index < -0.39 is 0 Å². The third kappa shape index (κ3) is 3.10. The van der Waals surface area contributed by atoms with Gasteiger partial charge >= 0.3 is 0 Å². The average molecular weight is 246 g/mol. The van der Waals surface area contributed by atoms with Gasteiger partial charge in [0.15, 0.2) is 0 Å². The Hall–Kier alpha value is -1.35. The largest absolute Gasteiger partial charge is 0.334 e. The molecule has 98 valence electrons. The van der Waals surface area contributed by atoms with E-state index in [9.17, 15) is 4.79 Å². The fraction of sp³-hybridized carbons (Fsp3) is 0.533. The van der Waals surface area contributed by atoms with Crippen molar-refractivity contribution < 1.29 is 4.79 Å². The summed E-state index contributed by atoms with van der Waals surface area (Å²) in [6.07, 6.45) is 2.94. The molecule has 2 rings (SSSR count). The van der Waals surface area contributed by atoms with E-state index in [4.69, 9.17) is 5.73 Å². The Bertz CT molecular complexity index is 409. The quantitative estimate of drug-likeness (QED) is 0.866. The van der Waals surface area contributed by atoms with Gasteiger partial charge in [-0.05, 0) is 31.7 Å². The lowest BCUT2D eigenvalue weighted by atomic mass is 10.1. The number of hydrogen-bond acceptors (Lipinski definition) is 2. The SMILES string of the molecule is CCC(N)C(=O)N(Cc1ccc(C)cc1)C1CC1. The van der Waals surface area contributed by atoms with Gasteiger partial charge in [-0.3, -0.25) is 4.79 Å². The smallest absolute Gasteiger partial charge is 0.240 e. The zero-order valence-corrected chi connectivity index (χ0v) is 11.2. The molecule has 1 atom stereocenters. The highest BCUT2D eigenvalue weighted by molar-refractivity contribution is 5.82. The second-order valence-corrected chi connectivity index (χ2v) is 5.20. The Balaban J connectivity index is 2.06. The van der Waals surface area contributed by atoms with Crippen molar-refractivity contribution in [3.63, 3.8) is 0 Å². The van der Waals surface area contributed by atoms with Crippen molar-refractivity contribution in [2.45, 2.75) is 51.7 Å². The molecule has 0 aliphatic heterocycles. The zero-order chi connectivity index (χ0) is 13.1. The Morgan fingerprint density at radius 2 is 2.00 bits per heavy atom. The monoisotopic (exact) mass is 246 g/mol. The van der Waals surface area contributed by atoms with Crippen molar-refractivity contribution in [1.82, 2.24) is 4.90 Å². The van der Waals surface area contributed by atoms with Crippen molar-refractivity contribution in [2.24, 2.45) is 5.73 Å². The summed E-state index contributed by atoms with van der Waals surface area (Å²) in [6, 6.07) is 8.42. The maximum absolute atomic E-state index is 12.2. The molecule has 3 nitrogen and oxygen atoms in total. The van der Waals surface area contributed by atoms with Gasteiger partial charge in [0, 0.05) is 12.6 Å². The van der Waals surface area contributed by atoms with Gasteiger partial charge in [0.25, 0.3) is 0 Å². The Kier molecular flexibility index (Phi) is 4.02. The van der Waals surface area contributed by atoms with Crippen LogP contribution in [0.2, 0.25) is 0 Å². The zero-order valence-electron chi connectivity index (χ0n) is 11.2. The number of rotatable bonds is 5. The first-order chi connectivity index (χ1) is 8.61. The lowest BCUT2D eigenvalue weighted by Crippen LogP contribution is -2.44. The molecule has 3 heteroatoms. The van der Waals surface area contributed by atoms with E-state index in [0.29, 0.717) is 19.0 Å². The number of nitrogens with zero attached hydrogens (tertiary/aromatic N) is 1. The highest BCUT2D eigenvalue weighted by Gasteiger charge is 2.34. The molecule has 1 fully saturated rings. The van der Waals surface area contributed by atoms with Crippen LogP contribution in [0.25, 0.3) is 0 Å². The van der Waals surface area contributed by atoms with Gasteiger partial charge in [-0.15, -0.1) is 0 Å². The minimum atomic E-state index is -0.351. The van der Waals surface area contributed by atoms with Crippen LogP contribution in [0.1, 0.15) is 37.3 Å².